The van der Waals surface area contributed by atoms with E-state index in [1.165, 1.54) is 0 Å². The molecule has 1 unspecified atom stereocenters. The molecular weight excluding hydrogens is 586 g/mol. The normalized spacial score (nSPS) is 15.1. The molecule has 1 atom stereocenters. The van der Waals surface area contributed by atoms with Crippen LogP contribution in [0.5, 0.6) is 11.6 Å². The first-order valence-corrected chi connectivity index (χ1v) is 15.9. The van der Waals surface area contributed by atoms with Gasteiger partial charge in [0.1, 0.15) is 17.2 Å². The first-order chi connectivity index (χ1) is 21.6. The molecule has 0 radical (unpaired) electrons. The van der Waals surface area contributed by atoms with Gasteiger partial charge in [-0.25, -0.2) is 24.7 Å². The number of hydrogen-bond acceptors (Lipinski definition) is 10. The number of aryl methyl sites for hydroxylation is 2. The number of likely N-dealkylation sites (tertiary alicyclic amines) is 1. The fourth-order valence-corrected chi connectivity index (χ4v) is 5.90. The molecule has 5 aromatic rings. The number of anilines is 3. The Morgan fingerprint density at radius 2 is 1.87 bits per heavy atom. The number of benzene rings is 2. The number of fused-ring (bicyclic) bond motifs is 1. The highest BCUT2D eigenvalue weighted by Gasteiger charge is 2.28. The van der Waals surface area contributed by atoms with Crippen molar-refractivity contribution in [2.75, 3.05) is 23.7 Å². The standard InChI is InChI=1S/C34H37N7O3S/c1-21-13-14-24-25(10-6-12-27(24)39-29-20-45-22(2)37-29)30(21)43-31-26(11-7-16-35-31)28-15-17-36-32(40-28)38-23-9-8-18-41(19-23)33(42)44-34(3,4)5/h6-7,10-17,20,23,39H,8-9,18-19H2,1-5H3,(H,36,38,40). The number of carbonyl (C=O) groups excluding carboxylic acids is 1. The summed E-state index contributed by atoms with van der Waals surface area (Å²) in [5.74, 6) is 2.47. The van der Waals surface area contributed by atoms with Gasteiger partial charge < -0.3 is 25.0 Å². The molecule has 232 valence electrons. The molecular formula is C34H37N7O3S. The van der Waals surface area contributed by atoms with Gasteiger partial charge in [0, 0.05) is 53.4 Å². The maximum Gasteiger partial charge on any atom is 0.410 e. The molecule has 45 heavy (non-hydrogen) atoms. The second-order valence-electron chi connectivity index (χ2n) is 12.1. The number of amides is 1. The third-order valence-corrected chi connectivity index (χ3v) is 8.17. The van der Waals surface area contributed by atoms with E-state index in [2.05, 4.69) is 43.8 Å². The second-order valence-corrected chi connectivity index (χ2v) is 13.2. The van der Waals surface area contributed by atoms with E-state index < -0.39 is 5.60 Å². The summed E-state index contributed by atoms with van der Waals surface area (Å²) in [5.41, 5.74) is 2.81. The van der Waals surface area contributed by atoms with Gasteiger partial charge >= 0.3 is 6.09 Å². The van der Waals surface area contributed by atoms with Crippen molar-refractivity contribution in [2.24, 2.45) is 0 Å². The van der Waals surface area contributed by atoms with Crippen LogP contribution in [-0.4, -0.2) is 55.7 Å². The smallest absolute Gasteiger partial charge is 0.410 e. The molecule has 0 aliphatic carbocycles. The maximum atomic E-state index is 12.7. The van der Waals surface area contributed by atoms with Gasteiger partial charge in [0.15, 0.2) is 0 Å². The summed E-state index contributed by atoms with van der Waals surface area (Å²) in [6.45, 7) is 10.8. The fraction of sp³-hybridized carbons (Fsp3) is 0.324. The van der Waals surface area contributed by atoms with Crippen LogP contribution < -0.4 is 15.4 Å². The summed E-state index contributed by atoms with van der Waals surface area (Å²) < 4.78 is 12.2. The van der Waals surface area contributed by atoms with Crippen molar-refractivity contribution >= 4 is 45.7 Å². The van der Waals surface area contributed by atoms with Gasteiger partial charge in [0.2, 0.25) is 11.8 Å². The zero-order chi connectivity index (χ0) is 31.6. The molecule has 10 nitrogen and oxygen atoms in total. The molecule has 0 bridgehead atoms. The molecule has 0 spiro atoms. The van der Waals surface area contributed by atoms with Crippen LogP contribution in [0.3, 0.4) is 0 Å². The highest BCUT2D eigenvalue weighted by molar-refractivity contribution is 7.09. The van der Waals surface area contributed by atoms with Crippen molar-refractivity contribution < 1.29 is 14.3 Å². The number of pyridine rings is 1. The first kappa shape index (κ1) is 30.3. The van der Waals surface area contributed by atoms with Gasteiger partial charge in [-0.2, -0.15) is 0 Å². The zero-order valence-corrected chi connectivity index (χ0v) is 26.9. The van der Waals surface area contributed by atoms with Crippen LogP contribution in [0.25, 0.3) is 22.0 Å². The lowest BCUT2D eigenvalue weighted by Crippen LogP contribution is -2.47. The molecule has 2 N–H and O–H groups in total. The van der Waals surface area contributed by atoms with E-state index in [4.69, 9.17) is 14.5 Å². The second kappa shape index (κ2) is 12.7. The number of piperidine rings is 1. The molecule has 2 aromatic carbocycles. The van der Waals surface area contributed by atoms with Crippen LogP contribution in [0.15, 0.2) is 66.3 Å². The summed E-state index contributed by atoms with van der Waals surface area (Å²) in [5, 5.41) is 11.9. The molecule has 11 heteroatoms. The van der Waals surface area contributed by atoms with Crippen molar-refractivity contribution in [3.8, 4) is 22.9 Å². The van der Waals surface area contributed by atoms with E-state index in [0.29, 0.717) is 30.6 Å². The van der Waals surface area contributed by atoms with Gasteiger partial charge in [-0.05, 0) is 77.3 Å². The minimum Gasteiger partial charge on any atom is -0.444 e. The largest absolute Gasteiger partial charge is 0.444 e. The summed E-state index contributed by atoms with van der Waals surface area (Å²) in [4.78, 5) is 32.9. The molecule has 6 rings (SSSR count). The number of hydrogen-bond donors (Lipinski definition) is 2. The van der Waals surface area contributed by atoms with E-state index in [-0.39, 0.29) is 12.1 Å². The topological polar surface area (TPSA) is 114 Å². The van der Waals surface area contributed by atoms with E-state index in [0.717, 1.165) is 57.0 Å². The Bertz CT molecular complexity index is 1830. The summed E-state index contributed by atoms with van der Waals surface area (Å²) in [6, 6.07) is 15.9. The number of carbonyl (C=O) groups is 1. The molecule has 1 saturated heterocycles. The van der Waals surface area contributed by atoms with Crippen LogP contribution in [0.1, 0.15) is 44.2 Å². The first-order valence-electron chi connectivity index (χ1n) is 15.1. The monoisotopic (exact) mass is 623 g/mol. The predicted octanol–water partition coefficient (Wildman–Crippen LogP) is 8.11. The summed E-state index contributed by atoms with van der Waals surface area (Å²) >= 11 is 1.61. The van der Waals surface area contributed by atoms with Gasteiger partial charge in [-0.15, -0.1) is 11.3 Å². The number of thiazole rings is 1. The number of rotatable bonds is 7. The zero-order valence-electron chi connectivity index (χ0n) is 26.1. The average molecular weight is 624 g/mol. The lowest BCUT2D eigenvalue weighted by atomic mass is 10.0. The van der Waals surface area contributed by atoms with Crippen molar-refractivity contribution in [3.05, 3.63) is 76.9 Å². The third kappa shape index (κ3) is 7.15. The van der Waals surface area contributed by atoms with E-state index in [9.17, 15) is 4.79 Å². The number of nitrogens with one attached hydrogen (secondary N) is 2. The Balaban J connectivity index is 1.24. The quantitative estimate of drug-likeness (QED) is 0.185. The molecule has 1 aliphatic heterocycles. The van der Waals surface area contributed by atoms with Crippen LogP contribution in [0, 0.1) is 13.8 Å². The molecule has 3 aromatic heterocycles. The van der Waals surface area contributed by atoms with E-state index in [1.54, 1.807) is 28.6 Å². The van der Waals surface area contributed by atoms with Crippen LogP contribution in [-0.2, 0) is 4.74 Å². The van der Waals surface area contributed by atoms with Crippen molar-refractivity contribution in [2.45, 2.75) is 59.1 Å². The number of aromatic nitrogens is 4. The minimum atomic E-state index is -0.539. The summed E-state index contributed by atoms with van der Waals surface area (Å²) in [7, 11) is 0. The van der Waals surface area contributed by atoms with Crippen LogP contribution in [0.2, 0.25) is 0 Å². The average Bonchev–Trinajstić information content (AvgIpc) is 3.42. The van der Waals surface area contributed by atoms with Crippen molar-refractivity contribution in [1.82, 2.24) is 24.8 Å². The molecule has 1 aliphatic rings. The SMILES string of the molecule is Cc1nc(Nc2cccc3c(Oc4ncccc4-c4ccnc(NC5CCCN(C(=O)OC(C)(C)C)C5)n4)c(C)ccc23)cs1. The molecule has 0 saturated carbocycles. The van der Waals surface area contributed by atoms with Gasteiger partial charge in [0.05, 0.1) is 16.3 Å². The van der Waals surface area contributed by atoms with Gasteiger partial charge in [-0.1, -0.05) is 24.3 Å². The molecule has 4 heterocycles. The van der Waals surface area contributed by atoms with Gasteiger partial charge in [0.25, 0.3) is 0 Å². The Morgan fingerprint density at radius 1 is 1.00 bits per heavy atom. The van der Waals surface area contributed by atoms with Crippen LogP contribution >= 0.6 is 11.3 Å². The Hall–Kier alpha value is -4.77. The van der Waals surface area contributed by atoms with E-state index >= 15 is 0 Å². The number of ether oxygens (including phenoxy) is 2. The Kier molecular flexibility index (Phi) is 8.53. The highest BCUT2D eigenvalue weighted by atomic mass is 32.1. The van der Waals surface area contributed by atoms with Crippen molar-refractivity contribution in [1.29, 1.82) is 0 Å². The third-order valence-electron chi connectivity index (χ3n) is 7.40. The lowest BCUT2D eigenvalue weighted by Gasteiger charge is -2.34. The van der Waals surface area contributed by atoms with Gasteiger partial charge in [-0.3, -0.25) is 0 Å². The van der Waals surface area contributed by atoms with Crippen LogP contribution in [0.4, 0.5) is 22.2 Å². The minimum absolute atomic E-state index is 0.000436. The predicted molar refractivity (Wildman–Crippen MR) is 179 cm³/mol. The van der Waals surface area contributed by atoms with E-state index in [1.807, 2.05) is 70.3 Å². The highest BCUT2D eigenvalue weighted by Crippen LogP contribution is 2.39. The number of nitrogens with zero attached hydrogens (tertiary/aromatic N) is 5. The Morgan fingerprint density at radius 3 is 2.67 bits per heavy atom. The molecule has 1 amide bonds. The maximum absolute atomic E-state index is 12.7. The molecule has 1 fully saturated rings. The van der Waals surface area contributed by atoms with Crippen molar-refractivity contribution in [3.63, 3.8) is 0 Å². The Labute approximate surface area is 266 Å². The fourth-order valence-electron chi connectivity index (χ4n) is 5.35. The lowest BCUT2D eigenvalue weighted by molar-refractivity contribution is 0.0206. The summed E-state index contributed by atoms with van der Waals surface area (Å²) in [6.07, 6.45) is 4.89.